The number of amides is 2. The summed E-state index contributed by atoms with van der Waals surface area (Å²) in [6.07, 6.45) is 6.65. The van der Waals surface area contributed by atoms with Crippen LogP contribution in [0.15, 0.2) is 33.9 Å². The molecule has 0 aromatic carbocycles. The van der Waals surface area contributed by atoms with Crippen LogP contribution in [-0.2, 0) is 0 Å². The fourth-order valence-corrected chi connectivity index (χ4v) is 2.25. The predicted molar refractivity (Wildman–Crippen MR) is 79.4 cm³/mol. The summed E-state index contributed by atoms with van der Waals surface area (Å²) in [6, 6.07) is 3.26. The van der Waals surface area contributed by atoms with Crippen molar-refractivity contribution in [3.63, 3.8) is 0 Å². The second kappa shape index (κ2) is 6.93. The number of hydrogen-bond donors (Lipinski definition) is 1. The third kappa shape index (κ3) is 3.73. The van der Waals surface area contributed by atoms with Gasteiger partial charge in [-0.25, -0.2) is 4.79 Å². The first kappa shape index (κ1) is 14.4. The number of furan rings is 1. The van der Waals surface area contributed by atoms with E-state index in [0.717, 1.165) is 25.3 Å². The molecule has 2 amide bonds. The Labute approximate surface area is 119 Å². The minimum Gasteiger partial charge on any atom is -0.463 e. The maximum absolute atomic E-state index is 12.0. The highest BCUT2D eigenvalue weighted by molar-refractivity contribution is 5.95. The van der Waals surface area contributed by atoms with Gasteiger partial charge in [-0.2, -0.15) is 4.99 Å². The second-order valence-electron chi connectivity index (χ2n) is 4.79. The minimum atomic E-state index is -0.356. The molecule has 5 heteroatoms. The Morgan fingerprint density at radius 3 is 2.85 bits per heavy atom. The van der Waals surface area contributed by atoms with E-state index in [1.165, 1.54) is 12.8 Å². The van der Waals surface area contributed by atoms with Crippen LogP contribution in [0.25, 0.3) is 5.70 Å². The van der Waals surface area contributed by atoms with E-state index in [0.29, 0.717) is 11.5 Å². The predicted octanol–water partition coefficient (Wildman–Crippen LogP) is 3.25. The van der Waals surface area contributed by atoms with Crippen molar-refractivity contribution >= 4 is 17.6 Å². The summed E-state index contributed by atoms with van der Waals surface area (Å²) in [5.41, 5.74) is 0.667. The van der Waals surface area contributed by atoms with Crippen molar-refractivity contribution in [1.82, 2.24) is 10.2 Å². The number of likely N-dealkylation sites (tertiary alicyclic amines) is 1. The van der Waals surface area contributed by atoms with Gasteiger partial charge in [-0.05, 0) is 38.3 Å². The SMILES string of the molecule is CC/C=C(/NC(=O)/N=C(\C)N1CCCC1)c1ccco1. The van der Waals surface area contributed by atoms with Crippen LogP contribution < -0.4 is 5.32 Å². The topological polar surface area (TPSA) is 57.8 Å². The fourth-order valence-electron chi connectivity index (χ4n) is 2.25. The van der Waals surface area contributed by atoms with E-state index < -0.39 is 0 Å². The van der Waals surface area contributed by atoms with Gasteiger partial charge in [0.2, 0.25) is 0 Å². The Morgan fingerprint density at radius 1 is 1.50 bits per heavy atom. The van der Waals surface area contributed by atoms with Crippen molar-refractivity contribution < 1.29 is 9.21 Å². The van der Waals surface area contributed by atoms with Gasteiger partial charge < -0.3 is 14.6 Å². The van der Waals surface area contributed by atoms with Crippen LogP contribution in [0.1, 0.15) is 38.9 Å². The van der Waals surface area contributed by atoms with Crippen molar-refractivity contribution in [2.24, 2.45) is 4.99 Å². The minimum absolute atomic E-state index is 0.356. The molecule has 1 saturated heterocycles. The summed E-state index contributed by atoms with van der Waals surface area (Å²) in [5.74, 6) is 1.42. The lowest BCUT2D eigenvalue weighted by molar-refractivity contribution is 0.252. The van der Waals surface area contributed by atoms with Gasteiger partial charge in [0.1, 0.15) is 11.6 Å². The second-order valence-corrected chi connectivity index (χ2v) is 4.79. The summed E-state index contributed by atoms with van der Waals surface area (Å²) >= 11 is 0. The van der Waals surface area contributed by atoms with Gasteiger partial charge >= 0.3 is 6.03 Å². The van der Waals surface area contributed by atoms with Crippen molar-refractivity contribution in [2.45, 2.75) is 33.1 Å². The zero-order valence-corrected chi connectivity index (χ0v) is 12.1. The molecule has 1 fully saturated rings. The number of carbonyl (C=O) groups excluding carboxylic acids is 1. The molecule has 0 radical (unpaired) electrons. The fraction of sp³-hybridized carbons (Fsp3) is 0.467. The zero-order chi connectivity index (χ0) is 14.4. The Balaban J connectivity index is 2.02. The van der Waals surface area contributed by atoms with Gasteiger partial charge in [-0.1, -0.05) is 13.0 Å². The van der Waals surface area contributed by atoms with Gasteiger partial charge in [0, 0.05) is 13.1 Å². The lowest BCUT2D eigenvalue weighted by Crippen LogP contribution is -2.28. The van der Waals surface area contributed by atoms with Crippen LogP contribution in [0.2, 0.25) is 0 Å². The highest BCUT2D eigenvalue weighted by Crippen LogP contribution is 2.13. The molecule has 1 aromatic heterocycles. The summed E-state index contributed by atoms with van der Waals surface area (Å²) < 4.78 is 5.31. The summed E-state index contributed by atoms with van der Waals surface area (Å²) in [7, 11) is 0. The largest absolute Gasteiger partial charge is 0.463 e. The summed E-state index contributed by atoms with van der Waals surface area (Å²) in [5, 5.41) is 2.79. The molecule has 0 spiro atoms. The first-order valence-electron chi connectivity index (χ1n) is 7.06. The van der Waals surface area contributed by atoms with Gasteiger partial charge in [0.05, 0.1) is 12.0 Å². The van der Waals surface area contributed by atoms with E-state index in [2.05, 4.69) is 15.2 Å². The average Bonchev–Trinajstić information content (AvgIpc) is 3.11. The third-order valence-corrected chi connectivity index (χ3v) is 3.26. The number of aliphatic imine (C=N–C) groups is 1. The first-order chi connectivity index (χ1) is 9.70. The molecule has 20 heavy (non-hydrogen) atoms. The molecule has 0 saturated carbocycles. The molecule has 1 aliphatic heterocycles. The van der Waals surface area contributed by atoms with Crippen molar-refractivity contribution in [3.05, 3.63) is 30.2 Å². The number of nitrogens with one attached hydrogen (secondary N) is 1. The molecule has 0 bridgehead atoms. The van der Waals surface area contributed by atoms with E-state index in [4.69, 9.17) is 4.42 Å². The van der Waals surface area contributed by atoms with Crippen molar-refractivity contribution in [3.8, 4) is 0 Å². The first-order valence-corrected chi connectivity index (χ1v) is 7.06. The quantitative estimate of drug-likeness (QED) is 0.680. The van der Waals surface area contributed by atoms with E-state index in [9.17, 15) is 4.79 Å². The molecule has 1 aromatic rings. The molecule has 5 nitrogen and oxygen atoms in total. The highest BCUT2D eigenvalue weighted by atomic mass is 16.3. The molecule has 0 atom stereocenters. The van der Waals surface area contributed by atoms with E-state index >= 15 is 0 Å². The van der Waals surface area contributed by atoms with Gasteiger partial charge in [-0.3, -0.25) is 0 Å². The van der Waals surface area contributed by atoms with E-state index in [1.807, 2.05) is 26.0 Å². The van der Waals surface area contributed by atoms with Crippen molar-refractivity contribution in [1.29, 1.82) is 0 Å². The van der Waals surface area contributed by atoms with Gasteiger partial charge in [0.25, 0.3) is 0 Å². The Kier molecular flexibility index (Phi) is 4.98. The summed E-state index contributed by atoms with van der Waals surface area (Å²) in [6.45, 7) is 5.85. The molecular weight excluding hydrogens is 254 g/mol. The normalized spacial score (nSPS) is 16.6. The lowest BCUT2D eigenvalue weighted by Gasteiger charge is -2.16. The molecule has 2 rings (SSSR count). The molecule has 2 heterocycles. The molecule has 108 valence electrons. The lowest BCUT2D eigenvalue weighted by atomic mass is 10.3. The van der Waals surface area contributed by atoms with E-state index in [-0.39, 0.29) is 6.03 Å². The van der Waals surface area contributed by atoms with Crippen LogP contribution in [0.5, 0.6) is 0 Å². The number of carbonyl (C=O) groups is 1. The van der Waals surface area contributed by atoms with Crippen LogP contribution in [0.3, 0.4) is 0 Å². The maximum atomic E-state index is 12.0. The smallest absolute Gasteiger partial charge is 0.347 e. The number of urea groups is 1. The molecular formula is C15H21N3O2. The Hall–Kier alpha value is -2.04. The zero-order valence-electron chi connectivity index (χ0n) is 12.1. The molecule has 0 unspecified atom stereocenters. The maximum Gasteiger partial charge on any atom is 0.347 e. The Morgan fingerprint density at radius 2 is 2.25 bits per heavy atom. The summed E-state index contributed by atoms with van der Waals surface area (Å²) in [4.78, 5) is 18.2. The number of nitrogens with zero attached hydrogens (tertiary/aromatic N) is 2. The van der Waals surface area contributed by atoms with Crippen LogP contribution >= 0.6 is 0 Å². The standard InChI is InChI=1S/C15H21N3O2/c1-3-7-13(14-8-6-11-20-14)17-15(19)16-12(2)18-9-4-5-10-18/h6-8,11H,3-5,9-10H2,1-2H3,(H,17,19)/b13-7+,16-12+. The molecule has 1 N–H and O–H groups in total. The number of rotatable bonds is 3. The van der Waals surface area contributed by atoms with E-state index in [1.54, 1.807) is 12.3 Å². The van der Waals surface area contributed by atoms with Gasteiger partial charge in [-0.15, -0.1) is 0 Å². The highest BCUT2D eigenvalue weighted by Gasteiger charge is 2.14. The van der Waals surface area contributed by atoms with Crippen LogP contribution in [0.4, 0.5) is 4.79 Å². The number of amidine groups is 1. The van der Waals surface area contributed by atoms with Gasteiger partial charge in [0.15, 0.2) is 0 Å². The number of hydrogen-bond acceptors (Lipinski definition) is 2. The molecule has 0 aliphatic carbocycles. The molecule has 1 aliphatic rings. The third-order valence-electron chi connectivity index (χ3n) is 3.26. The Bertz CT molecular complexity index is 497. The van der Waals surface area contributed by atoms with Crippen molar-refractivity contribution in [2.75, 3.05) is 13.1 Å². The van der Waals surface area contributed by atoms with Crippen LogP contribution in [0, 0.1) is 0 Å². The monoisotopic (exact) mass is 275 g/mol. The number of allylic oxidation sites excluding steroid dienone is 1. The van der Waals surface area contributed by atoms with Crippen LogP contribution in [-0.4, -0.2) is 29.9 Å². The average molecular weight is 275 g/mol.